The second-order valence-electron chi connectivity index (χ2n) is 2.94. The Morgan fingerprint density at radius 1 is 1.07 bits per heavy atom. The molecule has 82 valence electrons. The van der Waals surface area contributed by atoms with E-state index < -0.39 is 0 Å². The Labute approximate surface area is 99.9 Å². The Balaban J connectivity index is 0.000000980. The van der Waals surface area contributed by atoms with Gasteiger partial charge in [-0.2, -0.15) is 4.98 Å². The lowest BCUT2D eigenvalue weighted by Gasteiger charge is -2.04. The summed E-state index contributed by atoms with van der Waals surface area (Å²) in [6.07, 6.45) is 0. The smallest absolute Gasteiger partial charge is 0.222 e. The number of hydrogen-bond acceptors (Lipinski definition) is 4. The van der Waals surface area contributed by atoms with Gasteiger partial charge in [0.25, 0.3) is 0 Å². The number of nitrogen functional groups attached to an aromatic ring is 2. The van der Waals surface area contributed by atoms with Crippen LogP contribution in [0.4, 0.5) is 11.8 Å². The number of hydrogen-bond donors (Lipinski definition) is 2. The van der Waals surface area contributed by atoms with Crippen LogP contribution in [-0.2, 0) is 0 Å². The minimum absolute atomic E-state index is 0. The maximum Gasteiger partial charge on any atom is 0.222 e. The highest BCUT2D eigenvalue weighted by Crippen LogP contribution is 2.21. The van der Waals surface area contributed by atoms with E-state index in [1.807, 2.05) is 25.1 Å². The van der Waals surface area contributed by atoms with Crippen LogP contribution < -0.4 is 11.5 Å². The van der Waals surface area contributed by atoms with Crippen LogP contribution in [0.15, 0.2) is 18.2 Å². The molecule has 2 rings (SSSR count). The number of benzene rings is 1. The molecule has 0 spiro atoms. The molecule has 15 heavy (non-hydrogen) atoms. The van der Waals surface area contributed by atoms with Gasteiger partial charge in [-0.25, -0.2) is 4.98 Å². The number of rotatable bonds is 0. The van der Waals surface area contributed by atoms with Crippen LogP contribution in [0.5, 0.6) is 0 Å². The Hall–Kier alpha value is -1.26. The molecule has 1 aromatic heterocycles. The van der Waals surface area contributed by atoms with Gasteiger partial charge in [-0.15, -0.1) is 24.8 Å². The zero-order chi connectivity index (χ0) is 9.42. The minimum Gasteiger partial charge on any atom is -0.383 e. The third-order valence-electron chi connectivity index (χ3n) is 1.98. The molecule has 4 N–H and O–H groups in total. The highest BCUT2D eigenvalue weighted by molar-refractivity contribution is 5.91. The van der Waals surface area contributed by atoms with Gasteiger partial charge in [0.2, 0.25) is 5.95 Å². The van der Waals surface area contributed by atoms with Gasteiger partial charge >= 0.3 is 0 Å². The number of anilines is 2. The fourth-order valence-corrected chi connectivity index (χ4v) is 1.41. The zero-order valence-electron chi connectivity index (χ0n) is 8.10. The summed E-state index contributed by atoms with van der Waals surface area (Å²) in [5.41, 5.74) is 13.1. The number of nitrogens with two attached hydrogens (primary N) is 2. The molecule has 0 radical (unpaired) electrons. The molecule has 2 aromatic rings. The van der Waals surface area contributed by atoms with Crippen LogP contribution in [0, 0.1) is 6.92 Å². The van der Waals surface area contributed by atoms with Crippen LogP contribution >= 0.6 is 24.8 Å². The molecular formula is C9H12Cl2N4. The summed E-state index contributed by atoms with van der Waals surface area (Å²) in [4.78, 5) is 7.99. The van der Waals surface area contributed by atoms with Crippen molar-refractivity contribution >= 4 is 47.5 Å². The summed E-state index contributed by atoms with van der Waals surface area (Å²) in [5, 5.41) is 0.886. The van der Waals surface area contributed by atoms with E-state index in [4.69, 9.17) is 11.5 Å². The fraction of sp³-hybridized carbons (Fsp3) is 0.111. The molecule has 6 heteroatoms. The summed E-state index contributed by atoms with van der Waals surface area (Å²) < 4.78 is 0. The molecular weight excluding hydrogens is 235 g/mol. The van der Waals surface area contributed by atoms with Crippen molar-refractivity contribution in [3.05, 3.63) is 23.8 Å². The van der Waals surface area contributed by atoms with Crippen LogP contribution in [0.3, 0.4) is 0 Å². The van der Waals surface area contributed by atoms with Crippen LogP contribution in [0.2, 0.25) is 0 Å². The first-order chi connectivity index (χ1) is 6.18. The van der Waals surface area contributed by atoms with E-state index in [9.17, 15) is 0 Å². The largest absolute Gasteiger partial charge is 0.383 e. The number of nitrogens with zero attached hydrogens (tertiary/aromatic N) is 2. The van der Waals surface area contributed by atoms with Crippen LogP contribution in [-0.4, -0.2) is 9.97 Å². The van der Waals surface area contributed by atoms with Crippen molar-refractivity contribution < 1.29 is 0 Å². The predicted molar refractivity (Wildman–Crippen MR) is 67.6 cm³/mol. The summed E-state index contributed by atoms with van der Waals surface area (Å²) in [5.74, 6) is 0.663. The Morgan fingerprint density at radius 2 is 1.73 bits per heavy atom. The highest BCUT2D eigenvalue weighted by atomic mass is 35.5. The number of fused-ring (bicyclic) bond motifs is 1. The molecule has 1 aromatic carbocycles. The van der Waals surface area contributed by atoms with Crippen molar-refractivity contribution in [2.45, 2.75) is 6.92 Å². The van der Waals surface area contributed by atoms with Crippen molar-refractivity contribution in [2.24, 2.45) is 0 Å². The van der Waals surface area contributed by atoms with Crippen molar-refractivity contribution in [1.29, 1.82) is 0 Å². The van der Waals surface area contributed by atoms with Gasteiger partial charge < -0.3 is 11.5 Å². The van der Waals surface area contributed by atoms with E-state index in [2.05, 4.69) is 9.97 Å². The molecule has 0 aliphatic heterocycles. The van der Waals surface area contributed by atoms with E-state index in [0.29, 0.717) is 5.82 Å². The SMILES string of the molecule is Cc1cccc2nc(N)nc(N)c12.Cl.Cl. The summed E-state index contributed by atoms with van der Waals surface area (Å²) >= 11 is 0. The second-order valence-corrected chi connectivity index (χ2v) is 2.94. The molecule has 0 aliphatic rings. The summed E-state index contributed by atoms with van der Waals surface area (Å²) in [6.45, 7) is 1.97. The quantitative estimate of drug-likeness (QED) is 0.745. The van der Waals surface area contributed by atoms with E-state index in [1.54, 1.807) is 0 Å². The molecule has 0 bridgehead atoms. The molecule has 1 heterocycles. The van der Waals surface area contributed by atoms with Crippen molar-refractivity contribution in [2.75, 3.05) is 11.5 Å². The fourth-order valence-electron chi connectivity index (χ4n) is 1.41. The Kier molecular flexibility index (Phi) is 4.58. The van der Waals surface area contributed by atoms with Crippen molar-refractivity contribution in [3.8, 4) is 0 Å². The van der Waals surface area contributed by atoms with Crippen LogP contribution in [0.25, 0.3) is 10.9 Å². The van der Waals surface area contributed by atoms with Crippen LogP contribution in [0.1, 0.15) is 5.56 Å². The third-order valence-corrected chi connectivity index (χ3v) is 1.98. The lowest BCUT2D eigenvalue weighted by molar-refractivity contribution is 1.24. The van der Waals surface area contributed by atoms with E-state index >= 15 is 0 Å². The molecule has 0 saturated heterocycles. The molecule has 4 nitrogen and oxygen atoms in total. The molecule has 0 unspecified atom stereocenters. The molecule has 0 atom stereocenters. The zero-order valence-corrected chi connectivity index (χ0v) is 9.73. The van der Waals surface area contributed by atoms with E-state index in [0.717, 1.165) is 16.5 Å². The Morgan fingerprint density at radius 3 is 2.40 bits per heavy atom. The lowest BCUT2D eigenvalue weighted by atomic mass is 10.1. The van der Waals surface area contributed by atoms with Gasteiger partial charge in [0.05, 0.1) is 5.52 Å². The topological polar surface area (TPSA) is 77.8 Å². The average Bonchev–Trinajstić information content (AvgIpc) is 2.02. The molecule has 0 fully saturated rings. The van der Waals surface area contributed by atoms with Gasteiger partial charge in [-0.05, 0) is 18.6 Å². The first-order valence-electron chi connectivity index (χ1n) is 3.97. The molecule has 0 saturated carbocycles. The number of aryl methyl sites for hydroxylation is 1. The molecule has 0 aliphatic carbocycles. The third kappa shape index (κ3) is 2.40. The Bertz CT molecular complexity index is 473. The maximum absolute atomic E-state index is 5.73. The van der Waals surface area contributed by atoms with Gasteiger partial charge in [0.1, 0.15) is 5.82 Å². The first-order valence-corrected chi connectivity index (χ1v) is 3.97. The van der Waals surface area contributed by atoms with Gasteiger partial charge in [0.15, 0.2) is 0 Å². The predicted octanol–water partition coefficient (Wildman–Crippen LogP) is 1.95. The standard InChI is InChI=1S/C9H10N4.2ClH/c1-5-3-2-4-6-7(5)8(10)13-9(11)12-6;;/h2-4H,1H3,(H4,10,11,12,13);2*1H. The lowest BCUT2D eigenvalue weighted by Crippen LogP contribution is -2.01. The van der Waals surface area contributed by atoms with Gasteiger partial charge in [-0.1, -0.05) is 12.1 Å². The van der Waals surface area contributed by atoms with E-state index in [1.165, 1.54) is 0 Å². The number of aromatic nitrogens is 2. The summed E-state index contributed by atoms with van der Waals surface area (Å²) in [7, 11) is 0. The summed E-state index contributed by atoms with van der Waals surface area (Å²) in [6, 6.07) is 5.76. The molecule has 0 amide bonds. The van der Waals surface area contributed by atoms with Crippen molar-refractivity contribution in [1.82, 2.24) is 9.97 Å². The van der Waals surface area contributed by atoms with Gasteiger partial charge in [-0.3, -0.25) is 0 Å². The number of halogens is 2. The normalized spacial score (nSPS) is 9.13. The monoisotopic (exact) mass is 246 g/mol. The highest BCUT2D eigenvalue weighted by Gasteiger charge is 2.04. The van der Waals surface area contributed by atoms with E-state index in [-0.39, 0.29) is 30.8 Å². The maximum atomic E-state index is 5.73. The second kappa shape index (κ2) is 5.00. The minimum atomic E-state index is 0. The van der Waals surface area contributed by atoms with Crippen molar-refractivity contribution in [3.63, 3.8) is 0 Å². The average molecular weight is 247 g/mol. The van der Waals surface area contributed by atoms with Gasteiger partial charge in [0, 0.05) is 5.39 Å². The first kappa shape index (κ1) is 13.7.